The van der Waals surface area contributed by atoms with Crippen LogP contribution in [0.5, 0.6) is 0 Å². The van der Waals surface area contributed by atoms with Gasteiger partial charge in [-0.3, -0.25) is 9.47 Å². The van der Waals surface area contributed by atoms with Crippen LogP contribution in [-0.4, -0.2) is 56.2 Å². The number of piperidine rings is 1. The Morgan fingerprint density at radius 2 is 1.61 bits per heavy atom. The SMILES string of the molecule is O=C(O)N1CCC(n2c(=O)[nH]c3ccccc32)CC1CCN(CCCc1ccccc1)Cc1ccccc1. The number of rotatable bonds is 10. The highest BCUT2D eigenvalue weighted by Gasteiger charge is 2.33. The fourth-order valence-electron chi connectivity index (χ4n) is 5.82. The van der Waals surface area contributed by atoms with Crippen LogP contribution in [0.1, 0.15) is 42.9 Å². The molecule has 198 valence electrons. The number of carboxylic acid groups (broad SMARTS) is 1. The van der Waals surface area contributed by atoms with Crippen molar-refractivity contribution in [3.05, 3.63) is 107 Å². The molecule has 3 aromatic carbocycles. The predicted octanol–water partition coefficient (Wildman–Crippen LogP) is 5.54. The third-order valence-corrected chi connectivity index (χ3v) is 7.73. The molecule has 1 aliphatic heterocycles. The fourth-order valence-corrected chi connectivity index (χ4v) is 5.82. The van der Waals surface area contributed by atoms with Crippen LogP contribution < -0.4 is 5.69 Å². The topological polar surface area (TPSA) is 81.6 Å². The summed E-state index contributed by atoms with van der Waals surface area (Å²) in [6, 6.07) is 28.5. The molecule has 2 heterocycles. The van der Waals surface area contributed by atoms with Crippen LogP contribution in [0.4, 0.5) is 4.79 Å². The lowest BCUT2D eigenvalue weighted by Crippen LogP contribution is -2.48. The van der Waals surface area contributed by atoms with E-state index in [-0.39, 0.29) is 17.8 Å². The van der Waals surface area contributed by atoms with E-state index in [1.165, 1.54) is 11.1 Å². The number of fused-ring (bicyclic) bond motifs is 1. The summed E-state index contributed by atoms with van der Waals surface area (Å²) in [5, 5.41) is 9.96. The average Bonchev–Trinajstić information content (AvgIpc) is 3.28. The molecule has 2 N–H and O–H groups in total. The number of H-pyrrole nitrogens is 1. The standard InChI is InChI=1S/C31H36N4O3/c36-30-32-28-15-7-8-16-29(28)35(30)27-18-21-34(31(37)38)26(22-27)17-20-33(23-25-12-5-2-6-13-25)19-9-14-24-10-3-1-4-11-24/h1-8,10-13,15-16,26-27H,9,14,17-23H2,(H,32,36)(H,37,38). The second-order valence-electron chi connectivity index (χ2n) is 10.3. The van der Waals surface area contributed by atoms with Gasteiger partial charge in [-0.2, -0.15) is 0 Å². The largest absolute Gasteiger partial charge is 0.465 e. The zero-order valence-corrected chi connectivity index (χ0v) is 21.7. The molecular formula is C31H36N4O3. The van der Waals surface area contributed by atoms with Gasteiger partial charge in [0.05, 0.1) is 11.0 Å². The maximum absolute atomic E-state index is 12.8. The molecule has 7 heteroatoms. The predicted molar refractivity (Wildman–Crippen MR) is 150 cm³/mol. The minimum atomic E-state index is -0.876. The molecule has 1 saturated heterocycles. The lowest BCUT2D eigenvalue weighted by molar-refractivity contribution is 0.0817. The highest BCUT2D eigenvalue weighted by Crippen LogP contribution is 2.30. The van der Waals surface area contributed by atoms with Crippen LogP contribution >= 0.6 is 0 Å². The Hall–Kier alpha value is -3.84. The van der Waals surface area contributed by atoms with E-state index in [4.69, 9.17) is 0 Å². The molecule has 5 rings (SSSR count). The molecule has 1 fully saturated rings. The summed E-state index contributed by atoms with van der Waals surface area (Å²) in [7, 11) is 0. The number of imidazole rings is 1. The number of hydrogen-bond donors (Lipinski definition) is 2. The molecule has 7 nitrogen and oxygen atoms in total. The van der Waals surface area contributed by atoms with Crippen molar-refractivity contribution in [1.29, 1.82) is 0 Å². The number of carbonyl (C=O) groups is 1. The zero-order chi connectivity index (χ0) is 26.3. The number of aromatic amines is 1. The first-order valence-electron chi connectivity index (χ1n) is 13.6. The van der Waals surface area contributed by atoms with Gasteiger partial charge in [-0.1, -0.05) is 72.8 Å². The number of amides is 1. The molecule has 0 bridgehead atoms. The van der Waals surface area contributed by atoms with Crippen molar-refractivity contribution in [3.63, 3.8) is 0 Å². The number of hydrogen-bond acceptors (Lipinski definition) is 3. The van der Waals surface area contributed by atoms with Gasteiger partial charge in [0.15, 0.2) is 0 Å². The van der Waals surface area contributed by atoms with Crippen molar-refractivity contribution in [1.82, 2.24) is 19.4 Å². The lowest BCUT2D eigenvalue weighted by atomic mass is 9.94. The number of likely N-dealkylation sites (tertiary alicyclic amines) is 1. The van der Waals surface area contributed by atoms with E-state index in [2.05, 4.69) is 58.4 Å². The summed E-state index contributed by atoms with van der Waals surface area (Å²) >= 11 is 0. The van der Waals surface area contributed by atoms with E-state index in [0.29, 0.717) is 19.4 Å². The van der Waals surface area contributed by atoms with Crippen molar-refractivity contribution in [2.45, 2.75) is 50.7 Å². The first kappa shape index (κ1) is 25.8. The van der Waals surface area contributed by atoms with Crippen molar-refractivity contribution in [2.24, 2.45) is 0 Å². The first-order valence-corrected chi connectivity index (χ1v) is 13.6. The van der Waals surface area contributed by atoms with E-state index >= 15 is 0 Å². The molecule has 1 amide bonds. The van der Waals surface area contributed by atoms with Gasteiger partial charge in [0.25, 0.3) is 0 Å². The Morgan fingerprint density at radius 3 is 2.34 bits per heavy atom. The Bertz CT molecular complexity index is 1380. The van der Waals surface area contributed by atoms with Crippen LogP contribution in [0.25, 0.3) is 11.0 Å². The average molecular weight is 513 g/mol. The highest BCUT2D eigenvalue weighted by molar-refractivity contribution is 5.75. The van der Waals surface area contributed by atoms with Crippen LogP contribution in [-0.2, 0) is 13.0 Å². The van der Waals surface area contributed by atoms with E-state index in [0.717, 1.165) is 49.9 Å². The lowest BCUT2D eigenvalue weighted by Gasteiger charge is -2.39. The number of aryl methyl sites for hydroxylation is 1. The smallest absolute Gasteiger partial charge is 0.407 e. The second-order valence-corrected chi connectivity index (χ2v) is 10.3. The number of para-hydroxylation sites is 2. The van der Waals surface area contributed by atoms with E-state index < -0.39 is 6.09 Å². The number of aromatic nitrogens is 2. The Labute approximate surface area is 223 Å². The number of nitrogens with one attached hydrogen (secondary N) is 1. The summed E-state index contributed by atoms with van der Waals surface area (Å²) < 4.78 is 1.84. The zero-order valence-electron chi connectivity index (χ0n) is 21.7. The Kier molecular flexibility index (Phi) is 8.24. The molecule has 0 saturated carbocycles. The fraction of sp³-hybridized carbons (Fsp3) is 0.355. The monoisotopic (exact) mass is 512 g/mol. The maximum atomic E-state index is 12.8. The van der Waals surface area contributed by atoms with E-state index in [9.17, 15) is 14.7 Å². The molecular weight excluding hydrogens is 476 g/mol. The summed E-state index contributed by atoms with van der Waals surface area (Å²) in [5.41, 5.74) is 4.18. The summed E-state index contributed by atoms with van der Waals surface area (Å²) in [6.45, 7) is 3.01. The molecule has 1 aliphatic rings. The van der Waals surface area contributed by atoms with Gasteiger partial charge in [-0.05, 0) is 61.9 Å². The third-order valence-electron chi connectivity index (χ3n) is 7.73. The number of nitrogens with zero attached hydrogens (tertiary/aromatic N) is 3. The molecule has 38 heavy (non-hydrogen) atoms. The van der Waals surface area contributed by atoms with Crippen molar-refractivity contribution in [2.75, 3.05) is 19.6 Å². The van der Waals surface area contributed by atoms with Crippen molar-refractivity contribution >= 4 is 17.1 Å². The number of benzene rings is 3. The normalized spacial score (nSPS) is 17.8. The van der Waals surface area contributed by atoms with Crippen LogP contribution in [0.3, 0.4) is 0 Å². The summed E-state index contributed by atoms with van der Waals surface area (Å²) in [5.74, 6) is 0. The molecule has 4 aromatic rings. The third kappa shape index (κ3) is 6.17. The second kappa shape index (κ2) is 12.1. The van der Waals surface area contributed by atoms with Crippen LogP contribution in [0.15, 0.2) is 89.7 Å². The Balaban J connectivity index is 1.29. The van der Waals surface area contributed by atoms with Gasteiger partial charge in [0, 0.05) is 31.7 Å². The molecule has 0 spiro atoms. The molecule has 2 unspecified atom stereocenters. The van der Waals surface area contributed by atoms with Gasteiger partial charge < -0.3 is 15.0 Å². The minimum Gasteiger partial charge on any atom is -0.465 e. The summed E-state index contributed by atoms with van der Waals surface area (Å²) in [4.78, 5) is 32.0. The molecule has 1 aromatic heterocycles. The molecule has 0 radical (unpaired) electrons. The van der Waals surface area contributed by atoms with E-state index in [1.807, 2.05) is 41.0 Å². The van der Waals surface area contributed by atoms with Crippen LogP contribution in [0.2, 0.25) is 0 Å². The van der Waals surface area contributed by atoms with Gasteiger partial charge in [-0.25, -0.2) is 9.59 Å². The molecule has 0 aliphatic carbocycles. The van der Waals surface area contributed by atoms with Gasteiger partial charge in [0.1, 0.15) is 0 Å². The Morgan fingerprint density at radius 1 is 0.921 bits per heavy atom. The minimum absolute atomic E-state index is 0.0279. The molecule has 2 atom stereocenters. The van der Waals surface area contributed by atoms with Crippen LogP contribution in [0, 0.1) is 0 Å². The first-order chi connectivity index (χ1) is 18.6. The quantitative estimate of drug-likeness (QED) is 0.292. The van der Waals surface area contributed by atoms with Gasteiger partial charge in [0.2, 0.25) is 0 Å². The highest BCUT2D eigenvalue weighted by atomic mass is 16.4. The van der Waals surface area contributed by atoms with Crippen molar-refractivity contribution in [3.8, 4) is 0 Å². The van der Waals surface area contributed by atoms with Gasteiger partial charge in [-0.15, -0.1) is 0 Å². The maximum Gasteiger partial charge on any atom is 0.407 e. The van der Waals surface area contributed by atoms with Gasteiger partial charge >= 0.3 is 11.8 Å². The van der Waals surface area contributed by atoms with E-state index in [1.54, 1.807) is 4.90 Å². The van der Waals surface area contributed by atoms with Crippen molar-refractivity contribution < 1.29 is 9.90 Å². The summed E-state index contributed by atoms with van der Waals surface area (Å²) in [6.07, 6.45) is 3.18.